The van der Waals surface area contributed by atoms with E-state index in [4.69, 9.17) is 5.11 Å². The molecule has 0 bridgehead atoms. The maximum absolute atomic E-state index is 12.6. The second-order valence-corrected chi connectivity index (χ2v) is 3.95. The molecule has 0 fully saturated rings. The van der Waals surface area contributed by atoms with Gasteiger partial charge in [-0.1, -0.05) is 0 Å². The van der Waals surface area contributed by atoms with Gasteiger partial charge >= 0.3 is 18.3 Å². The molecule has 9 heteroatoms. The van der Waals surface area contributed by atoms with Crippen LogP contribution in [-0.4, -0.2) is 42.5 Å². The first-order chi connectivity index (χ1) is 9.72. The van der Waals surface area contributed by atoms with Crippen molar-refractivity contribution in [1.82, 2.24) is 5.32 Å². The molecule has 0 aliphatic carbocycles. The lowest BCUT2D eigenvalue weighted by molar-refractivity contribution is -0.148. The van der Waals surface area contributed by atoms with Gasteiger partial charge in [0.2, 0.25) is 0 Å². The van der Waals surface area contributed by atoms with Gasteiger partial charge in [-0.3, -0.25) is 9.59 Å². The van der Waals surface area contributed by atoms with Gasteiger partial charge in [-0.25, -0.2) is 8.78 Å². The van der Waals surface area contributed by atoms with Gasteiger partial charge in [0.25, 0.3) is 5.91 Å². The minimum absolute atomic E-state index is 0.0734. The highest BCUT2D eigenvalue weighted by Gasteiger charge is 2.41. The summed E-state index contributed by atoms with van der Waals surface area (Å²) < 4.78 is 53.6. The lowest BCUT2D eigenvalue weighted by Crippen LogP contribution is -2.33. The number of halogens is 4. The molecular weight excluding hydrogens is 298 g/mol. The SMILES string of the molecule is O=C(O)CNC(=O)c1ccc(OCC(F)(F)C(F)F)cc1. The van der Waals surface area contributed by atoms with Gasteiger partial charge in [-0.05, 0) is 24.3 Å². The number of alkyl halides is 4. The summed E-state index contributed by atoms with van der Waals surface area (Å²) in [5.41, 5.74) is 0.0734. The fraction of sp³-hybridized carbons (Fsp3) is 0.333. The molecular formula is C12H11F4NO4. The number of amides is 1. The first-order valence-electron chi connectivity index (χ1n) is 5.61. The quantitative estimate of drug-likeness (QED) is 0.753. The van der Waals surface area contributed by atoms with Crippen LogP contribution in [0.15, 0.2) is 24.3 Å². The lowest BCUT2D eigenvalue weighted by Gasteiger charge is -2.16. The molecule has 0 aliphatic rings. The molecule has 0 aliphatic heterocycles. The predicted molar refractivity (Wildman–Crippen MR) is 62.9 cm³/mol. The number of hydrogen-bond acceptors (Lipinski definition) is 3. The Morgan fingerprint density at radius 3 is 2.29 bits per heavy atom. The normalized spacial score (nSPS) is 11.3. The van der Waals surface area contributed by atoms with Crippen molar-refractivity contribution in [2.75, 3.05) is 13.2 Å². The zero-order valence-corrected chi connectivity index (χ0v) is 10.5. The highest BCUT2D eigenvalue weighted by atomic mass is 19.3. The molecule has 0 heterocycles. The summed E-state index contributed by atoms with van der Waals surface area (Å²) in [6.07, 6.45) is -3.83. The monoisotopic (exact) mass is 309 g/mol. The fourth-order valence-electron chi connectivity index (χ4n) is 1.20. The second-order valence-electron chi connectivity index (χ2n) is 3.95. The summed E-state index contributed by atoms with van der Waals surface area (Å²) in [5.74, 6) is -6.29. The standard InChI is InChI=1S/C12H11F4NO4/c13-11(14)12(15,16)6-21-8-3-1-7(2-4-8)10(20)17-5-9(18)19/h1-4,11H,5-6H2,(H,17,20)(H,18,19). The molecule has 0 unspecified atom stereocenters. The summed E-state index contributed by atoms with van der Waals surface area (Å²) in [4.78, 5) is 21.7. The van der Waals surface area contributed by atoms with Crippen LogP contribution in [-0.2, 0) is 4.79 Å². The molecule has 1 rings (SSSR count). The van der Waals surface area contributed by atoms with Crippen LogP contribution in [0.2, 0.25) is 0 Å². The molecule has 5 nitrogen and oxygen atoms in total. The number of carbonyl (C=O) groups is 2. The van der Waals surface area contributed by atoms with Gasteiger partial charge in [-0.2, -0.15) is 8.78 Å². The Morgan fingerprint density at radius 1 is 1.24 bits per heavy atom. The van der Waals surface area contributed by atoms with Crippen LogP contribution in [0.5, 0.6) is 5.75 Å². The van der Waals surface area contributed by atoms with Crippen LogP contribution >= 0.6 is 0 Å². The molecule has 0 aromatic heterocycles. The molecule has 1 amide bonds. The Kier molecular flexibility index (Phi) is 5.51. The van der Waals surface area contributed by atoms with Gasteiger partial charge in [-0.15, -0.1) is 0 Å². The summed E-state index contributed by atoms with van der Waals surface area (Å²) in [6.45, 7) is -2.06. The Balaban J connectivity index is 2.58. The minimum Gasteiger partial charge on any atom is -0.487 e. The van der Waals surface area contributed by atoms with Crippen molar-refractivity contribution in [3.63, 3.8) is 0 Å². The first kappa shape index (κ1) is 16.7. The molecule has 2 N–H and O–H groups in total. The average Bonchev–Trinajstić information content (AvgIpc) is 2.43. The van der Waals surface area contributed by atoms with Crippen molar-refractivity contribution in [2.45, 2.75) is 12.3 Å². The number of aliphatic carboxylic acids is 1. The van der Waals surface area contributed by atoms with Crippen LogP contribution in [0.25, 0.3) is 0 Å². The zero-order chi connectivity index (χ0) is 16.0. The summed E-state index contributed by atoms with van der Waals surface area (Å²) in [7, 11) is 0. The molecule has 0 saturated heterocycles. The van der Waals surface area contributed by atoms with Crippen molar-refractivity contribution in [3.05, 3.63) is 29.8 Å². The van der Waals surface area contributed by atoms with Crippen LogP contribution in [0.1, 0.15) is 10.4 Å². The zero-order valence-electron chi connectivity index (χ0n) is 10.5. The molecule has 116 valence electrons. The van der Waals surface area contributed by atoms with Gasteiger partial charge in [0.15, 0.2) is 6.61 Å². The topological polar surface area (TPSA) is 75.6 Å². The molecule has 21 heavy (non-hydrogen) atoms. The van der Waals surface area contributed by atoms with E-state index >= 15 is 0 Å². The Labute approximate surface area is 116 Å². The van der Waals surface area contributed by atoms with E-state index in [-0.39, 0.29) is 11.3 Å². The maximum Gasteiger partial charge on any atom is 0.340 e. The molecule has 0 saturated carbocycles. The number of rotatable bonds is 7. The Bertz CT molecular complexity index is 504. The van der Waals surface area contributed by atoms with Gasteiger partial charge < -0.3 is 15.2 Å². The molecule has 1 aromatic rings. The highest BCUT2D eigenvalue weighted by molar-refractivity contribution is 5.95. The van der Waals surface area contributed by atoms with Crippen molar-refractivity contribution in [1.29, 1.82) is 0 Å². The van der Waals surface area contributed by atoms with Gasteiger partial charge in [0, 0.05) is 5.56 Å². The second kappa shape index (κ2) is 6.91. The van der Waals surface area contributed by atoms with Crippen molar-refractivity contribution < 1.29 is 37.0 Å². The third-order valence-corrected chi connectivity index (χ3v) is 2.27. The van der Waals surface area contributed by atoms with Crippen molar-refractivity contribution in [2.24, 2.45) is 0 Å². The van der Waals surface area contributed by atoms with Crippen molar-refractivity contribution >= 4 is 11.9 Å². The largest absolute Gasteiger partial charge is 0.487 e. The third kappa shape index (κ3) is 5.28. The highest BCUT2D eigenvalue weighted by Crippen LogP contribution is 2.24. The predicted octanol–water partition coefficient (Wildman–Crippen LogP) is 1.78. The number of nitrogens with one attached hydrogen (secondary N) is 1. The van der Waals surface area contributed by atoms with E-state index < -0.39 is 37.4 Å². The number of hydrogen-bond donors (Lipinski definition) is 2. The summed E-state index contributed by atoms with van der Waals surface area (Å²) in [6, 6.07) is 4.65. The number of benzene rings is 1. The van der Waals surface area contributed by atoms with E-state index in [9.17, 15) is 27.2 Å². The van der Waals surface area contributed by atoms with E-state index in [1.165, 1.54) is 12.1 Å². The van der Waals surface area contributed by atoms with Crippen molar-refractivity contribution in [3.8, 4) is 5.75 Å². The minimum atomic E-state index is -4.27. The average molecular weight is 309 g/mol. The van der Waals surface area contributed by atoms with E-state index in [1.807, 2.05) is 0 Å². The van der Waals surface area contributed by atoms with E-state index in [2.05, 4.69) is 10.1 Å². The summed E-state index contributed by atoms with van der Waals surface area (Å²) in [5, 5.41) is 10.5. The summed E-state index contributed by atoms with van der Waals surface area (Å²) >= 11 is 0. The fourth-order valence-corrected chi connectivity index (χ4v) is 1.20. The number of carboxylic acid groups (broad SMARTS) is 1. The Morgan fingerprint density at radius 2 is 1.81 bits per heavy atom. The van der Waals surface area contributed by atoms with Gasteiger partial charge in [0.1, 0.15) is 12.3 Å². The maximum atomic E-state index is 12.6. The molecule has 0 spiro atoms. The van der Waals surface area contributed by atoms with E-state index in [0.717, 1.165) is 12.1 Å². The van der Waals surface area contributed by atoms with Crippen LogP contribution < -0.4 is 10.1 Å². The number of ether oxygens (including phenoxy) is 1. The lowest BCUT2D eigenvalue weighted by atomic mass is 10.2. The third-order valence-electron chi connectivity index (χ3n) is 2.27. The van der Waals surface area contributed by atoms with E-state index in [1.54, 1.807) is 0 Å². The first-order valence-corrected chi connectivity index (χ1v) is 5.61. The van der Waals surface area contributed by atoms with Crippen LogP contribution in [0.3, 0.4) is 0 Å². The molecule has 1 aromatic carbocycles. The molecule has 0 atom stereocenters. The van der Waals surface area contributed by atoms with E-state index in [0.29, 0.717) is 0 Å². The molecule has 0 radical (unpaired) electrons. The van der Waals surface area contributed by atoms with Crippen LogP contribution in [0.4, 0.5) is 17.6 Å². The smallest absolute Gasteiger partial charge is 0.340 e. The Hall–Kier alpha value is -2.32. The van der Waals surface area contributed by atoms with Crippen LogP contribution in [0, 0.1) is 0 Å². The van der Waals surface area contributed by atoms with Gasteiger partial charge in [0.05, 0.1) is 0 Å². The number of carbonyl (C=O) groups excluding carboxylic acids is 1. The number of carboxylic acids is 1.